The summed E-state index contributed by atoms with van der Waals surface area (Å²) in [6.07, 6.45) is 1.61. The van der Waals surface area contributed by atoms with Crippen LogP contribution in [0.4, 0.5) is 0 Å². The molecule has 1 fully saturated rings. The Balaban J connectivity index is 2.09. The quantitative estimate of drug-likeness (QED) is 0.819. The molecule has 0 aromatic heterocycles. The molecule has 0 bridgehead atoms. The molecule has 0 spiro atoms. The number of rotatable bonds is 7. The van der Waals surface area contributed by atoms with Crippen molar-refractivity contribution in [2.45, 2.75) is 33.1 Å². The summed E-state index contributed by atoms with van der Waals surface area (Å²) in [7, 11) is 1.58. The van der Waals surface area contributed by atoms with E-state index in [4.69, 9.17) is 14.6 Å². The van der Waals surface area contributed by atoms with Crippen molar-refractivity contribution in [2.24, 2.45) is 11.8 Å². The van der Waals surface area contributed by atoms with E-state index in [1.807, 2.05) is 0 Å². The zero-order valence-corrected chi connectivity index (χ0v) is 15.2. The molecule has 1 N–H and O–H groups in total. The van der Waals surface area contributed by atoms with Gasteiger partial charge in [-0.3, -0.25) is 9.59 Å². The molecule has 0 saturated carbocycles. The van der Waals surface area contributed by atoms with E-state index in [1.54, 1.807) is 30.2 Å². The Bertz CT molecular complexity index is 606. The number of carbonyl (C=O) groups excluding carboxylic acids is 1. The fourth-order valence-electron chi connectivity index (χ4n) is 2.94. The van der Waals surface area contributed by atoms with Gasteiger partial charge in [0.15, 0.2) is 0 Å². The Hall–Kier alpha value is -2.24. The second kappa shape index (κ2) is 8.74. The number of methoxy groups -OCH3 is 1. The number of carboxylic acids is 1. The second-order valence-electron chi connectivity index (χ2n) is 6.90. The SMILES string of the molecule is COc1ccc(C(=O)N2CCC(CC(=O)O)CC2)c(OCC(C)C)c1. The molecular weight excluding hydrogens is 322 g/mol. The van der Waals surface area contributed by atoms with Crippen molar-refractivity contribution < 1.29 is 24.2 Å². The molecule has 1 aliphatic rings. The van der Waals surface area contributed by atoms with Crippen molar-refractivity contribution >= 4 is 11.9 Å². The molecule has 0 atom stereocenters. The van der Waals surface area contributed by atoms with E-state index in [1.165, 1.54) is 0 Å². The Morgan fingerprint density at radius 3 is 2.52 bits per heavy atom. The van der Waals surface area contributed by atoms with E-state index in [0.717, 1.165) is 12.8 Å². The summed E-state index contributed by atoms with van der Waals surface area (Å²) in [5.74, 6) is 0.829. The van der Waals surface area contributed by atoms with Gasteiger partial charge in [-0.2, -0.15) is 0 Å². The molecule has 1 aromatic rings. The number of nitrogens with zero attached hydrogens (tertiary/aromatic N) is 1. The number of ether oxygens (including phenoxy) is 2. The zero-order valence-electron chi connectivity index (χ0n) is 15.2. The van der Waals surface area contributed by atoms with E-state index in [2.05, 4.69) is 13.8 Å². The third kappa shape index (κ3) is 5.37. The van der Waals surface area contributed by atoms with Crippen molar-refractivity contribution in [2.75, 3.05) is 26.8 Å². The van der Waals surface area contributed by atoms with Gasteiger partial charge in [-0.1, -0.05) is 13.8 Å². The summed E-state index contributed by atoms with van der Waals surface area (Å²) >= 11 is 0. The number of benzene rings is 1. The lowest BCUT2D eigenvalue weighted by molar-refractivity contribution is -0.138. The number of piperidine rings is 1. The molecule has 1 saturated heterocycles. The van der Waals surface area contributed by atoms with Crippen LogP contribution in [-0.2, 0) is 4.79 Å². The van der Waals surface area contributed by atoms with Crippen molar-refractivity contribution in [1.29, 1.82) is 0 Å². The summed E-state index contributed by atoms with van der Waals surface area (Å²) in [6.45, 7) is 5.77. The van der Waals surface area contributed by atoms with Crippen LogP contribution in [0.1, 0.15) is 43.5 Å². The minimum atomic E-state index is -0.774. The number of likely N-dealkylation sites (tertiary alicyclic amines) is 1. The number of aliphatic carboxylic acids is 1. The largest absolute Gasteiger partial charge is 0.497 e. The molecule has 25 heavy (non-hydrogen) atoms. The summed E-state index contributed by atoms with van der Waals surface area (Å²) in [5, 5.41) is 8.90. The number of carbonyl (C=O) groups is 2. The molecule has 0 aliphatic carbocycles. The smallest absolute Gasteiger partial charge is 0.303 e. The van der Waals surface area contributed by atoms with Gasteiger partial charge < -0.3 is 19.5 Å². The first-order valence-corrected chi connectivity index (χ1v) is 8.72. The van der Waals surface area contributed by atoms with Gasteiger partial charge in [0, 0.05) is 25.6 Å². The van der Waals surface area contributed by atoms with Crippen LogP contribution in [-0.4, -0.2) is 48.7 Å². The summed E-state index contributed by atoms with van der Waals surface area (Å²) < 4.78 is 11.1. The third-order valence-corrected chi connectivity index (χ3v) is 4.36. The Morgan fingerprint density at radius 2 is 1.96 bits per heavy atom. The summed E-state index contributed by atoms with van der Waals surface area (Å²) in [4.78, 5) is 25.5. The third-order valence-electron chi connectivity index (χ3n) is 4.36. The molecule has 1 heterocycles. The highest BCUT2D eigenvalue weighted by atomic mass is 16.5. The molecule has 1 aliphatic heterocycles. The van der Waals surface area contributed by atoms with E-state index in [0.29, 0.717) is 42.7 Å². The van der Waals surface area contributed by atoms with Gasteiger partial charge in [-0.05, 0) is 36.8 Å². The normalized spacial score (nSPS) is 15.3. The van der Waals surface area contributed by atoms with Crippen LogP contribution in [0.15, 0.2) is 18.2 Å². The van der Waals surface area contributed by atoms with Crippen LogP contribution in [0.3, 0.4) is 0 Å². The topological polar surface area (TPSA) is 76.1 Å². The van der Waals surface area contributed by atoms with E-state index in [-0.39, 0.29) is 18.2 Å². The molecule has 1 aromatic carbocycles. The number of amides is 1. The molecular formula is C19H27NO5. The van der Waals surface area contributed by atoms with Gasteiger partial charge >= 0.3 is 5.97 Å². The maximum atomic E-state index is 12.9. The van der Waals surface area contributed by atoms with Gasteiger partial charge in [-0.15, -0.1) is 0 Å². The first-order chi connectivity index (χ1) is 11.9. The van der Waals surface area contributed by atoms with Gasteiger partial charge in [0.05, 0.1) is 19.3 Å². The van der Waals surface area contributed by atoms with Crippen molar-refractivity contribution in [3.05, 3.63) is 23.8 Å². The van der Waals surface area contributed by atoms with Crippen molar-refractivity contribution in [3.8, 4) is 11.5 Å². The number of hydrogen-bond acceptors (Lipinski definition) is 4. The molecule has 6 heteroatoms. The fraction of sp³-hybridized carbons (Fsp3) is 0.579. The molecule has 2 rings (SSSR count). The second-order valence-corrected chi connectivity index (χ2v) is 6.90. The monoisotopic (exact) mass is 349 g/mol. The predicted molar refractivity (Wildman–Crippen MR) is 94.2 cm³/mol. The average molecular weight is 349 g/mol. The molecule has 138 valence electrons. The van der Waals surface area contributed by atoms with E-state index >= 15 is 0 Å². The first kappa shape index (κ1) is 19.1. The van der Waals surface area contributed by atoms with Crippen LogP contribution in [0.25, 0.3) is 0 Å². The lowest BCUT2D eigenvalue weighted by Crippen LogP contribution is -2.39. The van der Waals surface area contributed by atoms with E-state index in [9.17, 15) is 9.59 Å². The minimum Gasteiger partial charge on any atom is -0.497 e. The maximum Gasteiger partial charge on any atom is 0.303 e. The molecule has 0 radical (unpaired) electrons. The molecule has 6 nitrogen and oxygen atoms in total. The van der Waals surface area contributed by atoms with Crippen LogP contribution < -0.4 is 9.47 Å². The lowest BCUT2D eigenvalue weighted by Gasteiger charge is -2.31. The standard InChI is InChI=1S/C19H27NO5/c1-13(2)12-25-17-11-15(24-3)4-5-16(17)19(23)20-8-6-14(7-9-20)10-18(21)22/h4-5,11,13-14H,6-10,12H2,1-3H3,(H,21,22). The molecule has 1 amide bonds. The Morgan fingerprint density at radius 1 is 1.28 bits per heavy atom. The predicted octanol–water partition coefficient (Wildman–Crippen LogP) is 3.06. The van der Waals surface area contributed by atoms with Gasteiger partial charge in [0.2, 0.25) is 0 Å². The highest BCUT2D eigenvalue weighted by molar-refractivity contribution is 5.97. The van der Waals surface area contributed by atoms with Crippen LogP contribution >= 0.6 is 0 Å². The summed E-state index contributed by atoms with van der Waals surface area (Å²) in [6, 6.07) is 5.24. The van der Waals surface area contributed by atoms with Crippen LogP contribution in [0, 0.1) is 11.8 Å². The van der Waals surface area contributed by atoms with Crippen molar-refractivity contribution in [3.63, 3.8) is 0 Å². The lowest BCUT2D eigenvalue weighted by atomic mass is 9.93. The zero-order chi connectivity index (χ0) is 18.4. The van der Waals surface area contributed by atoms with Crippen molar-refractivity contribution in [1.82, 2.24) is 4.90 Å². The number of hydrogen-bond donors (Lipinski definition) is 1. The maximum absolute atomic E-state index is 12.9. The minimum absolute atomic E-state index is 0.0739. The fourth-order valence-corrected chi connectivity index (χ4v) is 2.94. The average Bonchev–Trinajstić information content (AvgIpc) is 2.59. The van der Waals surface area contributed by atoms with E-state index < -0.39 is 5.97 Å². The summed E-state index contributed by atoms with van der Waals surface area (Å²) in [5.41, 5.74) is 0.526. The number of carboxylic acid groups (broad SMARTS) is 1. The Kier molecular flexibility index (Phi) is 6.67. The molecule has 0 unspecified atom stereocenters. The van der Waals surface area contributed by atoms with Gasteiger partial charge in [0.25, 0.3) is 5.91 Å². The highest BCUT2D eigenvalue weighted by Crippen LogP contribution is 2.28. The van der Waals surface area contributed by atoms with Gasteiger partial charge in [0.1, 0.15) is 11.5 Å². The highest BCUT2D eigenvalue weighted by Gasteiger charge is 2.26. The Labute approximate surface area is 148 Å². The first-order valence-electron chi connectivity index (χ1n) is 8.72. The van der Waals surface area contributed by atoms with Crippen LogP contribution in [0.5, 0.6) is 11.5 Å². The van der Waals surface area contributed by atoms with Gasteiger partial charge in [-0.25, -0.2) is 0 Å². The van der Waals surface area contributed by atoms with Crippen LogP contribution in [0.2, 0.25) is 0 Å².